The average molecular weight is 291 g/mol. The van der Waals surface area contributed by atoms with Crippen molar-refractivity contribution in [1.29, 1.82) is 0 Å². The summed E-state index contributed by atoms with van der Waals surface area (Å²) in [6.45, 7) is 1.31. The van der Waals surface area contributed by atoms with Gasteiger partial charge >= 0.3 is 0 Å². The number of hydrogen-bond acceptors (Lipinski definition) is 3. The normalized spacial score (nSPS) is 18.2. The minimum atomic E-state index is -0.189. The molecule has 1 aromatic carbocycles. The second-order valence-corrected chi connectivity index (χ2v) is 4.49. The Hall–Kier alpha value is -0.970. The summed E-state index contributed by atoms with van der Waals surface area (Å²) in [5.74, 6) is -0.189. The topological polar surface area (TPSA) is 64.4 Å². The van der Waals surface area contributed by atoms with Crippen LogP contribution >= 0.6 is 24.0 Å². The van der Waals surface area contributed by atoms with Gasteiger partial charge in [-0.15, -0.1) is 12.4 Å². The number of anilines is 1. The van der Waals surface area contributed by atoms with Crippen LogP contribution in [-0.4, -0.2) is 25.2 Å². The van der Waals surface area contributed by atoms with Crippen LogP contribution in [0.25, 0.3) is 0 Å². The summed E-state index contributed by atoms with van der Waals surface area (Å²) in [7, 11) is 0. The number of ether oxygens (including phenoxy) is 1. The largest absolute Gasteiger partial charge is 0.399 e. The van der Waals surface area contributed by atoms with Gasteiger partial charge in [0.1, 0.15) is 0 Å². The molecule has 100 valence electrons. The van der Waals surface area contributed by atoms with Crippen LogP contribution in [0.4, 0.5) is 5.69 Å². The third-order valence-corrected chi connectivity index (χ3v) is 3.06. The molecular weight excluding hydrogens is 275 g/mol. The average Bonchev–Trinajstić information content (AvgIpc) is 2.78. The van der Waals surface area contributed by atoms with Crippen LogP contribution in [0.15, 0.2) is 18.2 Å². The van der Waals surface area contributed by atoms with Gasteiger partial charge in [0.2, 0.25) is 0 Å². The van der Waals surface area contributed by atoms with Crippen LogP contribution < -0.4 is 11.1 Å². The summed E-state index contributed by atoms with van der Waals surface area (Å²) in [4.78, 5) is 11.8. The fourth-order valence-electron chi connectivity index (χ4n) is 1.82. The number of amides is 1. The highest BCUT2D eigenvalue weighted by molar-refractivity contribution is 6.34. The second-order valence-electron chi connectivity index (χ2n) is 4.08. The fourth-order valence-corrected chi connectivity index (χ4v) is 2.10. The van der Waals surface area contributed by atoms with Crippen molar-refractivity contribution in [3.8, 4) is 0 Å². The van der Waals surface area contributed by atoms with Gasteiger partial charge in [-0.25, -0.2) is 0 Å². The Bertz CT molecular complexity index is 421. The van der Waals surface area contributed by atoms with Crippen molar-refractivity contribution >= 4 is 35.6 Å². The van der Waals surface area contributed by atoms with Crippen molar-refractivity contribution in [2.24, 2.45) is 0 Å². The molecule has 0 aromatic heterocycles. The molecule has 1 atom stereocenters. The van der Waals surface area contributed by atoms with Crippen LogP contribution in [0.2, 0.25) is 5.02 Å². The van der Waals surface area contributed by atoms with Gasteiger partial charge in [-0.3, -0.25) is 4.79 Å². The highest BCUT2D eigenvalue weighted by Gasteiger charge is 2.17. The third kappa shape index (κ3) is 3.77. The zero-order valence-electron chi connectivity index (χ0n) is 9.82. The van der Waals surface area contributed by atoms with Crippen molar-refractivity contribution in [1.82, 2.24) is 5.32 Å². The lowest BCUT2D eigenvalue weighted by Gasteiger charge is -2.11. The van der Waals surface area contributed by atoms with Gasteiger partial charge in [0.25, 0.3) is 5.91 Å². The van der Waals surface area contributed by atoms with Crippen LogP contribution in [0.5, 0.6) is 0 Å². The molecule has 0 radical (unpaired) electrons. The molecule has 1 aliphatic rings. The van der Waals surface area contributed by atoms with Crippen molar-refractivity contribution in [2.75, 3.05) is 18.9 Å². The van der Waals surface area contributed by atoms with Crippen molar-refractivity contribution < 1.29 is 9.53 Å². The van der Waals surface area contributed by atoms with Crippen LogP contribution in [-0.2, 0) is 4.74 Å². The molecule has 0 bridgehead atoms. The van der Waals surface area contributed by atoms with Crippen LogP contribution in [0.1, 0.15) is 23.2 Å². The zero-order valence-corrected chi connectivity index (χ0v) is 11.4. The van der Waals surface area contributed by atoms with Crippen molar-refractivity contribution in [3.63, 3.8) is 0 Å². The van der Waals surface area contributed by atoms with Crippen LogP contribution in [0, 0.1) is 0 Å². The lowest BCUT2D eigenvalue weighted by atomic mass is 10.2. The maximum Gasteiger partial charge on any atom is 0.252 e. The number of halogens is 2. The van der Waals surface area contributed by atoms with E-state index in [0.29, 0.717) is 22.8 Å². The quantitative estimate of drug-likeness (QED) is 0.840. The van der Waals surface area contributed by atoms with E-state index in [0.717, 1.165) is 19.4 Å². The smallest absolute Gasteiger partial charge is 0.252 e. The SMILES string of the molecule is Cl.Nc1ccc(C(=O)NCC2CCCO2)c(Cl)c1. The first-order valence-electron chi connectivity index (χ1n) is 5.61. The van der Waals surface area contributed by atoms with Gasteiger partial charge in [-0.1, -0.05) is 11.6 Å². The fraction of sp³-hybridized carbons (Fsp3) is 0.417. The maximum atomic E-state index is 11.8. The number of nitrogens with one attached hydrogen (secondary N) is 1. The Morgan fingerprint density at radius 1 is 1.56 bits per heavy atom. The second kappa shape index (κ2) is 6.83. The molecule has 3 N–H and O–H groups in total. The number of nitrogen functional groups attached to an aromatic ring is 1. The Labute approximate surface area is 117 Å². The Morgan fingerprint density at radius 2 is 2.33 bits per heavy atom. The number of rotatable bonds is 3. The third-order valence-electron chi connectivity index (χ3n) is 2.75. The zero-order chi connectivity index (χ0) is 12.3. The van der Waals surface area contributed by atoms with Gasteiger partial charge in [-0.05, 0) is 31.0 Å². The number of benzene rings is 1. The van der Waals surface area contributed by atoms with Crippen LogP contribution in [0.3, 0.4) is 0 Å². The number of carbonyl (C=O) groups is 1. The lowest BCUT2D eigenvalue weighted by Crippen LogP contribution is -2.31. The first kappa shape index (κ1) is 15.1. The van der Waals surface area contributed by atoms with E-state index in [1.165, 1.54) is 0 Å². The highest BCUT2D eigenvalue weighted by atomic mass is 35.5. The summed E-state index contributed by atoms with van der Waals surface area (Å²) in [5.41, 5.74) is 6.56. The molecule has 4 nitrogen and oxygen atoms in total. The minimum Gasteiger partial charge on any atom is -0.399 e. The van der Waals surface area contributed by atoms with E-state index >= 15 is 0 Å². The van der Waals surface area contributed by atoms with E-state index in [4.69, 9.17) is 22.1 Å². The molecule has 1 saturated heterocycles. The lowest BCUT2D eigenvalue weighted by molar-refractivity contribution is 0.0858. The first-order chi connectivity index (χ1) is 8.16. The van der Waals surface area contributed by atoms with Gasteiger partial charge in [-0.2, -0.15) is 0 Å². The Kier molecular flexibility index (Phi) is 5.72. The number of hydrogen-bond donors (Lipinski definition) is 2. The molecule has 1 aromatic rings. The molecule has 1 heterocycles. The Morgan fingerprint density at radius 3 is 2.94 bits per heavy atom. The Balaban J connectivity index is 0.00000162. The number of nitrogens with two attached hydrogens (primary N) is 1. The standard InChI is InChI=1S/C12H15ClN2O2.ClH/c13-11-6-8(14)3-4-10(11)12(16)15-7-9-2-1-5-17-9;/h3-4,6,9H,1-2,5,7,14H2,(H,15,16);1H. The van der Waals surface area contributed by atoms with Gasteiger partial charge in [0.05, 0.1) is 16.7 Å². The van der Waals surface area contributed by atoms with E-state index in [1.54, 1.807) is 18.2 Å². The summed E-state index contributed by atoms with van der Waals surface area (Å²) >= 11 is 5.95. The predicted octanol–water partition coefficient (Wildman–Crippen LogP) is 2.25. The summed E-state index contributed by atoms with van der Waals surface area (Å²) < 4.78 is 5.42. The summed E-state index contributed by atoms with van der Waals surface area (Å²) in [6, 6.07) is 4.86. The molecule has 1 aliphatic heterocycles. The molecule has 0 spiro atoms. The molecule has 1 unspecified atom stereocenters. The van der Waals surface area contributed by atoms with Gasteiger partial charge in [0.15, 0.2) is 0 Å². The molecule has 1 fully saturated rings. The molecular formula is C12H16Cl2N2O2. The minimum absolute atomic E-state index is 0. The predicted molar refractivity (Wildman–Crippen MR) is 74.4 cm³/mol. The molecule has 0 aliphatic carbocycles. The van der Waals surface area contributed by atoms with E-state index in [1.807, 2.05) is 0 Å². The van der Waals surface area contributed by atoms with Crippen molar-refractivity contribution in [3.05, 3.63) is 28.8 Å². The highest BCUT2D eigenvalue weighted by Crippen LogP contribution is 2.19. The van der Waals surface area contributed by atoms with Gasteiger partial charge < -0.3 is 15.8 Å². The summed E-state index contributed by atoms with van der Waals surface area (Å²) in [6.07, 6.45) is 2.19. The van der Waals surface area contributed by atoms with E-state index in [9.17, 15) is 4.79 Å². The number of carbonyl (C=O) groups excluding carboxylic acids is 1. The first-order valence-corrected chi connectivity index (χ1v) is 5.99. The van der Waals surface area contributed by atoms with Crippen molar-refractivity contribution in [2.45, 2.75) is 18.9 Å². The molecule has 1 amide bonds. The monoisotopic (exact) mass is 290 g/mol. The van der Waals surface area contributed by atoms with E-state index in [-0.39, 0.29) is 24.4 Å². The molecule has 2 rings (SSSR count). The molecule has 18 heavy (non-hydrogen) atoms. The molecule has 6 heteroatoms. The van der Waals surface area contributed by atoms with Gasteiger partial charge in [0, 0.05) is 18.8 Å². The van der Waals surface area contributed by atoms with E-state index < -0.39 is 0 Å². The molecule has 0 saturated carbocycles. The maximum absolute atomic E-state index is 11.8. The summed E-state index contributed by atoms with van der Waals surface area (Å²) in [5, 5.41) is 3.18. The van der Waals surface area contributed by atoms with E-state index in [2.05, 4.69) is 5.32 Å².